The van der Waals surface area contributed by atoms with Gasteiger partial charge in [0.2, 0.25) is 0 Å². The van der Waals surface area contributed by atoms with E-state index in [4.69, 9.17) is 22.1 Å². The number of aromatic nitrogens is 4. The van der Waals surface area contributed by atoms with Crippen LogP contribution in [0, 0.1) is 32.2 Å². The molecular weight excluding hydrogens is 1130 g/mol. The molecule has 0 N–H and O–H groups in total. The number of rotatable bonds is 8. The third kappa shape index (κ3) is 10.2. The predicted molar refractivity (Wildman–Crippen MR) is 321 cm³/mol. The van der Waals surface area contributed by atoms with E-state index in [0.29, 0.717) is 50.6 Å². The molecule has 0 saturated carbocycles. The van der Waals surface area contributed by atoms with Crippen LogP contribution in [0.2, 0.25) is 0 Å². The first-order chi connectivity index (χ1) is 41.0. The third-order valence-electron chi connectivity index (χ3n) is 14.5. The van der Waals surface area contributed by atoms with Crippen LogP contribution in [0.25, 0.3) is 83.4 Å². The summed E-state index contributed by atoms with van der Waals surface area (Å²) in [5.41, 5.74) is 8.65. The minimum atomic E-state index is -2.69. The number of fused-ring (bicyclic) bond motifs is 4. The van der Waals surface area contributed by atoms with E-state index in [-0.39, 0.29) is 71.6 Å². The Balaban J connectivity index is 0.00000873. The zero-order valence-electron chi connectivity index (χ0n) is 57.3. The summed E-state index contributed by atoms with van der Waals surface area (Å²) in [5.74, 6) is 1.50. The third-order valence-corrected chi connectivity index (χ3v) is 14.5. The average molecular weight is 1210 g/mol. The van der Waals surface area contributed by atoms with Crippen LogP contribution in [0.1, 0.15) is 132 Å². The van der Waals surface area contributed by atoms with Gasteiger partial charge in [0.25, 0.3) is 6.33 Å². The maximum absolute atomic E-state index is 9.27. The fourth-order valence-corrected chi connectivity index (χ4v) is 10.3. The monoisotopic (exact) mass is 1210 g/mol. The second-order valence-corrected chi connectivity index (χ2v) is 24.3. The molecule has 0 radical (unpaired) electrons. The Labute approximate surface area is 492 Å². The second-order valence-electron chi connectivity index (χ2n) is 24.3. The van der Waals surface area contributed by atoms with Crippen molar-refractivity contribution >= 4 is 32.8 Å². The maximum Gasteiger partial charge on any atom is 0.268 e. The number of imidazole rings is 1. The Morgan fingerprint density at radius 2 is 1.23 bits per heavy atom. The molecule has 0 spiro atoms. The zero-order valence-corrected chi connectivity index (χ0v) is 48.6. The minimum absolute atomic E-state index is 0. The largest absolute Gasteiger partial charge is 0.510 e. The summed E-state index contributed by atoms with van der Waals surface area (Å²) in [4.78, 5) is 4.86. The molecule has 3 heterocycles. The molecule has 0 atom stereocenters. The minimum Gasteiger partial charge on any atom is -0.510 e. The fraction of sp³-hybridized carbons (Fsp3) is 0.250. The number of hydrogen-bond acceptors (Lipinski definition) is 2. The summed E-state index contributed by atoms with van der Waals surface area (Å²) >= 11 is 0. The molecule has 0 aliphatic heterocycles. The number of benzene rings is 8. The molecule has 11 aromatic rings. The first kappa shape index (κ1) is 41.7. The molecule has 0 bridgehead atoms. The molecule has 0 unspecified atom stereocenters. The number of para-hydroxylation sites is 1. The summed E-state index contributed by atoms with van der Waals surface area (Å²) in [6.45, 7) is 20.3. The van der Waals surface area contributed by atoms with Gasteiger partial charge in [-0.1, -0.05) is 192 Å². The number of ether oxygens (including phenoxy) is 1. The molecule has 396 valence electrons. The van der Waals surface area contributed by atoms with Crippen molar-refractivity contribution in [3.63, 3.8) is 0 Å². The molecular formula is C72H70N4OPt-2. The van der Waals surface area contributed by atoms with E-state index >= 15 is 0 Å². The summed E-state index contributed by atoms with van der Waals surface area (Å²) < 4.78 is 109. The van der Waals surface area contributed by atoms with Gasteiger partial charge in [-0.25, -0.2) is 4.98 Å². The van der Waals surface area contributed by atoms with Gasteiger partial charge in [-0.15, -0.1) is 29.7 Å². The molecule has 6 heteroatoms. The smallest absolute Gasteiger partial charge is 0.268 e. The summed E-state index contributed by atoms with van der Waals surface area (Å²) in [6.07, 6.45) is 5.56. The SMILES string of the molecule is [2H]c1c([2H])c([2H])c(-c2cc(-c3cc(C(C)(C)C)cc(C(C)(C)C)c3)c(-[n+]3[c-]n(-c4[c-]c(Oc5[c-]c6c(cc5)c5ccccc5n6-c5cc(C(C)(C)C)ccn5)ccc4)c4cc(-c5c(C([2H])([2H])[2H])cccc5C([2H])([2H])[2H])ccc43)c(C(C)(C)C)c2)c([2H])c1[2H].[Pt]. The van der Waals surface area contributed by atoms with Crippen molar-refractivity contribution in [3.05, 3.63) is 222 Å². The number of aryl methyl sites for hydroxylation is 2. The summed E-state index contributed by atoms with van der Waals surface area (Å²) in [6, 6.07) is 46.9. The average Bonchev–Trinajstić information content (AvgIpc) is 2.16. The summed E-state index contributed by atoms with van der Waals surface area (Å²) in [7, 11) is 0. The van der Waals surface area contributed by atoms with Crippen LogP contribution < -0.4 is 9.30 Å². The Morgan fingerprint density at radius 3 is 1.91 bits per heavy atom. The predicted octanol–water partition coefficient (Wildman–Crippen LogP) is 18.4. The van der Waals surface area contributed by atoms with Crippen LogP contribution in [-0.2, 0) is 42.7 Å². The van der Waals surface area contributed by atoms with Gasteiger partial charge in [0.15, 0.2) is 0 Å². The first-order valence-corrected chi connectivity index (χ1v) is 26.2. The van der Waals surface area contributed by atoms with Gasteiger partial charge in [-0.05, 0) is 144 Å². The van der Waals surface area contributed by atoms with Crippen LogP contribution in [0.4, 0.5) is 0 Å². The van der Waals surface area contributed by atoms with E-state index in [1.807, 2.05) is 76.0 Å². The molecule has 0 aliphatic rings. The molecule has 8 aromatic carbocycles. The summed E-state index contributed by atoms with van der Waals surface area (Å²) in [5, 5.41) is 2.00. The van der Waals surface area contributed by atoms with Crippen molar-refractivity contribution < 1.29 is 45.4 Å². The molecule has 78 heavy (non-hydrogen) atoms. The molecule has 5 nitrogen and oxygen atoms in total. The van der Waals surface area contributed by atoms with Gasteiger partial charge in [0.1, 0.15) is 5.82 Å². The normalized spacial score (nSPS) is 14.7. The van der Waals surface area contributed by atoms with E-state index in [2.05, 4.69) is 143 Å². The van der Waals surface area contributed by atoms with Gasteiger partial charge in [0.05, 0.1) is 23.6 Å². The van der Waals surface area contributed by atoms with Gasteiger partial charge in [0, 0.05) is 52.5 Å². The van der Waals surface area contributed by atoms with Gasteiger partial charge in [-0.2, -0.15) is 18.2 Å². The van der Waals surface area contributed by atoms with Crippen molar-refractivity contribution in [3.8, 4) is 62.1 Å². The van der Waals surface area contributed by atoms with E-state index in [0.717, 1.165) is 55.4 Å². The van der Waals surface area contributed by atoms with Crippen molar-refractivity contribution in [2.45, 2.75) is 118 Å². The van der Waals surface area contributed by atoms with Gasteiger partial charge >= 0.3 is 0 Å². The molecule has 3 aromatic heterocycles. The molecule has 11 rings (SSSR count). The number of nitrogens with zero attached hydrogens (tertiary/aromatic N) is 4. The van der Waals surface area contributed by atoms with Crippen LogP contribution in [-0.4, -0.2) is 14.1 Å². The van der Waals surface area contributed by atoms with E-state index in [1.165, 1.54) is 18.2 Å². The van der Waals surface area contributed by atoms with E-state index < -0.39 is 37.2 Å². The Kier molecular flexibility index (Phi) is 10.8. The Bertz CT molecular complexity index is 4530. The standard InChI is InChI=1S/C72H70N4O.Pt/c1-46-22-20-23-47(2)67(46)49-30-33-63-65(40-49)74(55-26-21-27-56(43-55)77-57-31-32-59-58-28-18-19-29-62(58)76(64(59)44-57)66-42-52(34-35-73-66)69(3,4)5)45-75(63)68-60(51-36-53(70(6,7)8)41-54(37-51)71(9,10)11)38-50(39-61(68)72(12,13)14)48-24-16-15-17-25-48;/h15-42H,1-14H3;/q-2;/i1D3,2D3,15D,16D,17D,24D,25D;. The van der Waals surface area contributed by atoms with Crippen molar-refractivity contribution in [2.24, 2.45) is 0 Å². The van der Waals surface area contributed by atoms with Crippen LogP contribution in [0.3, 0.4) is 0 Å². The van der Waals surface area contributed by atoms with Gasteiger partial charge < -0.3 is 13.9 Å². The molecule has 0 amide bonds. The molecule has 0 saturated heterocycles. The van der Waals surface area contributed by atoms with Crippen molar-refractivity contribution in [1.82, 2.24) is 14.1 Å². The molecule has 0 fully saturated rings. The van der Waals surface area contributed by atoms with Crippen LogP contribution in [0.5, 0.6) is 11.5 Å². The van der Waals surface area contributed by atoms with E-state index in [1.54, 1.807) is 18.2 Å². The second kappa shape index (κ2) is 20.2. The first-order valence-electron chi connectivity index (χ1n) is 31.7. The van der Waals surface area contributed by atoms with Crippen LogP contribution in [0.15, 0.2) is 170 Å². The topological polar surface area (TPSA) is 35.9 Å². The molecule has 0 aliphatic carbocycles. The number of hydrogen-bond donors (Lipinski definition) is 0. The van der Waals surface area contributed by atoms with Crippen molar-refractivity contribution in [1.29, 1.82) is 0 Å². The quantitative estimate of drug-likeness (QED) is 0.112. The van der Waals surface area contributed by atoms with Gasteiger partial charge in [-0.3, -0.25) is 4.57 Å². The maximum atomic E-state index is 9.27. The number of pyridine rings is 1. The Morgan fingerprint density at radius 1 is 0.551 bits per heavy atom. The fourth-order valence-electron chi connectivity index (χ4n) is 10.3. The van der Waals surface area contributed by atoms with Crippen LogP contribution >= 0.6 is 0 Å². The van der Waals surface area contributed by atoms with Crippen molar-refractivity contribution in [2.75, 3.05) is 0 Å². The van der Waals surface area contributed by atoms with E-state index in [9.17, 15) is 2.74 Å². The Hall–Kier alpha value is -7.33. The zero-order chi connectivity index (χ0) is 63.7.